The van der Waals surface area contributed by atoms with E-state index in [0.29, 0.717) is 0 Å². The molecule has 2 N–H and O–H groups in total. The van der Waals surface area contributed by atoms with Crippen LogP contribution in [0.5, 0.6) is 0 Å². The smallest absolute Gasteiger partial charge is 0.337 e. The van der Waals surface area contributed by atoms with Gasteiger partial charge in [-0.2, -0.15) is 0 Å². The fraction of sp³-hybridized carbons (Fsp3) is 0.385. The molecule has 0 bridgehead atoms. The highest BCUT2D eigenvalue weighted by Gasteiger charge is 2.26. The largest absolute Gasteiger partial charge is 0.479 e. The first-order chi connectivity index (χ1) is 9.38. The van der Waals surface area contributed by atoms with Gasteiger partial charge in [0, 0.05) is 17.5 Å². The Kier molecular flexibility index (Phi) is 5.57. The number of methoxy groups -OCH3 is 1. The van der Waals surface area contributed by atoms with Crippen LogP contribution in [0.15, 0.2) is 18.2 Å². The van der Waals surface area contributed by atoms with Crippen LogP contribution in [-0.2, 0) is 20.7 Å². The van der Waals surface area contributed by atoms with E-state index in [1.807, 2.05) is 0 Å². The van der Waals surface area contributed by atoms with Gasteiger partial charge in [0.25, 0.3) is 6.43 Å². The Morgan fingerprint density at radius 1 is 1.35 bits per heavy atom. The van der Waals surface area contributed by atoms with Crippen molar-refractivity contribution in [3.63, 3.8) is 0 Å². The Balaban J connectivity index is 3.18. The molecule has 1 unspecified atom stereocenters. The Bertz CT molecular complexity index is 502. The Morgan fingerprint density at radius 2 is 2.00 bits per heavy atom. The number of carbonyl (C=O) groups is 2. The van der Waals surface area contributed by atoms with Crippen molar-refractivity contribution in [1.29, 1.82) is 0 Å². The minimum atomic E-state index is -2.92. The quantitative estimate of drug-likeness (QED) is 0.780. The fourth-order valence-corrected chi connectivity index (χ4v) is 1.84. The number of hydrogen-bond acceptors (Lipinski definition) is 4. The number of halogens is 2. The lowest BCUT2D eigenvalue weighted by Crippen LogP contribution is -2.16. The van der Waals surface area contributed by atoms with Gasteiger partial charge in [-0.05, 0) is 12.0 Å². The van der Waals surface area contributed by atoms with Gasteiger partial charge in [-0.25, -0.2) is 13.6 Å². The van der Waals surface area contributed by atoms with Crippen LogP contribution in [0.1, 0.15) is 35.6 Å². The van der Waals surface area contributed by atoms with Crippen LogP contribution in [0.4, 0.5) is 8.78 Å². The SMILES string of the molecule is COC(=O)CCc1cccc(C(F)F)c1C(O)C(=O)O. The Hall–Kier alpha value is -2.02. The van der Waals surface area contributed by atoms with Crippen molar-refractivity contribution < 1.29 is 33.3 Å². The number of aliphatic carboxylic acids is 1. The molecule has 1 atom stereocenters. The van der Waals surface area contributed by atoms with Gasteiger partial charge >= 0.3 is 11.9 Å². The van der Waals surface area contributed by atoms with Crippen LogP contribution in [-0.4, -0.2) is 29.3 Å². The summed E-state index contributed by atoms with van der Waals surface area (Å²) < 4.78 is 30.2. The number of carboxylic acids is 1. The van der Waals surface area contributed by atoms with E-state index in [2.05, 4.69) is 4.74 Å². The molecule has 0 amide bonds. The third-order valence-electron chi connectivity index (χ3n) is 2.80. The molecule has 0 heterocycles. The van der Waals surface area contributed by atoms with Gasteiger partial charge in [-0.3, -0.25) is 4.79 Å². The highest BCUT2D eigenvalue weighted by atomic mass is 19.3. The molecule has 0 spiro atoms. The van der Waals surface area contributed by atoms with E-state index in [-0.39, 0.29) is 24.0 Å². The second kappa shape index (κ2) is 6.95. The van der Waals surface area contributed by atoms with E-state index in [1.54, 1.807) is 0 Å². The molecule has 1 rings (SSSR count). The maximum atomic E-state index is 12.9. The normalized spacial score (nSPS) is 12.2. The summed E-state index contributed by atoms with van der Waals surface area (Å²) in [4.78, 5) is 21.9. The molecular formula is C13H14F2O5. The summed E-state index contributed by atoms with van der Waals surface area (Å²) in [5, 5.41) is 18.4. The number of carboxylic acid groups (broad SMARTS) is 1. The minimum Gasteiger partial charge on any atom is -0.479 e. The molecule has 1 aromatic rings. The standard InChI is InChI=1S/C13H14F2O5/c1-20-9(16)6-5-7-3-2-4-8(12(14)15)10(7)11(17)13(18)19/h2-4,11-12,17H,5-6H2,1H3,(H,18,19). The second-order valence-electron chi connectivity index (χ2n) is 4.04. The number of ether oxygens (including phenoxy) is 1. The average Bonchev–Trinajstić information content (AvgIpc) is 2.43. The molecule has 0 radical (unpaired) electrons. The maximum absolute atomic E-state index is 12.9. The number of carbonyl (C=O) groups excluding carboxylic acids is 1. The molecule has 0 saturated heterocycles. The first-order valence-electron chi connectivity index (χ1n) is 5.76. The molecule has 5 nitrogen and oxygen atoms in total. The number of hydrogen-bond donors (Lipinski definition) is 2. The van der Waals surface area contributed by atoms with Gasteiger partial charge in [-0.1, -0.05) is 18.2 Å². The van der Waals surface area contributed by atoms with Crippen molar-refractivity contribution in [2.24, 2.45) is 0 Å². The molecule has 0 aromatic heterocycles. The number of esters is 1. The third-order valence-corrected chi connectivity index (χ3v) is 2.80. The van der Waals surface area contributed by atoms with Crippen LogP contribution in [0.2, 0.25) is 0 Å². The molecular weight excluding hydrogens is 274 g/mol. The van der Waals surface area contributed by atoms with Gasteiger partial charge in [0.15, 0.2) is 6.10 Å². The summed E-state index contributed by atoms with van der Waals surface area (Å²) >= 11 is 0. The van der Waals surface area contributed by atoms with E-state index in [1.165, 1.54) is 19.2 Å². The van der Waals surface area contributed by atoms with Gasteiger partial charge in [0.05, 0.1) is 7.11 Å². The number of aliphatic hydroxyl groups excluding tert-OH is 1. The summed E-state index contributed by atoms with van der Waals surface area (Å²) in [6.45, 7) is 0. The van der Waals surface area contributed by atoms with Crippen molar-refractivity contribution in [2.45, 2.75) is 25.4 Å². The van der Waals surface area contributed by atoms with E-state index < -0.39 is 30.0 Å². The molecule has 0 aliphatic heterocycles. The number of rotatable bonds is 6. The fourth-order valence-electron chi connectivity index (χ4n) is 1.84. The number of aliphatic hydroxyl groups is 1. The molecule has 0 aliphatic carbocycles. The molecule has 20 heavy (non-hydrogen) atoms. The van der Waals surface area contributed by atoms with Crippen molar-refractivity contribution in [1.82, 2.24) is 0 Å². The van der Waals surface area contributed by atoms with Crippen molar-refractivity contribution in [3.05, 3.63) is 34.9 Å². The molecule has 7 heteroatoms. The number of aryl methyl sites for hydroxylation is 1. The summed E-state index contributed by atoms with van der Waals surface area (Å²) in [5.41, 5.74) is -0.732. The average molecular weight is 288 g/mol. The van der Waals surface area contributed by atoms with Crippen molar-refractivity contribution >= 4 is 11.9 Å². The lowest BCUT2D eigenvalue weighted by Gasteiger charge is -2.16. The van der Waals surface area contributed by atoms with Crippen molar-refractivity contribution in [2.75, 3.05) is 7.11 Å². The van der Waals surface area contributed by atoms with E-state index in [0.717, 1.165) is 6.07 Å². The lowest BCUT2D eigenvalue weighted by atomic mass is 9.93. The van der Waals surface area contributed by atoms with Gasteiger partial charge in [0.2, 0.25) is 0 Å². The van der Waals surface area contributed by atoms with Crippen LogP contribution in [0.25, 0.3) is 0 Å². The predicted octanol–water partition coefficient (Wildman–Crippen LogP) is 1.85. The van der Waals surface area contributed by atoms with Crippen molar-refractivity contribution in [3.8, 4) is 0 Å². The lowest BCUT2D eigenvalue weighted by molar-refractivity contribution is -0.147. The zero-order valence-electron chi connectivity index (χ0n) is 10.7. The third kappa shape index (κ3) is 3.74. The topological polar surface area (TPSA) is 83.8 Å². The molecule has 0 saturated carbocycles. The number of benzene rings is 1. The summed E-state index contributed by atoms with van der Waals surface area (Å²) in [7, 11) is 1.19. The zero-order chi connectivity index (χ0) is 15.3. The highest BCUT2D eigenvalue weighted by Crippen LogP contribution is 2.31. The highest BCUT2D eigenvalue weighted by molar-refractivity contribution is 5.75. The van der Waals surface area contributed by atoms with Gasteiger partial charge in [-0.15, -0.1) is 0 Å². The zero-order valence-corrected chi connectivity index (χ0v) is 10.7. The van der Waals surface area contributed by atoms with Crippen LogP contribution < -0.4 is 0 Å². The first kappa shape index (κ1) is 16.0. The predicted molar refractivity (Wildman–Crippen MR) is 64.3 cm³/mol. The van der Waals surface area contributed by atoms with Crippen LogP contribution in [0, 0.1) is 0 Å². The van der Waals surface area contributed by atoms with Crippen LogP contribution >= 0.6 is 0 Å². The first-order valence-corrected chi connectivity index (χ1v) is 5.76. The summed E-state index contributed by atoms with van der Waals surface area (Å²) in [5.74, 6) is -2.18. The molecule has 0 fully saturated rings. The van der Waals surface area contributed by atoms with E-state index in [4.69, 9.17) is 5.11 Å². The molecule has 0 aliphatic rings. The minimum absolute atomic E-state index is 0.00685. The maximum Gasteiger partial charge on any atom is 0.337 e. The molecule has 110 valence electrons. The number of alkyl halides is 2. The van der Waals surface area contributed by atoms with E-state index >= 15 is 0 Å². The second-order valence-corrected chi connectivity index (χ2v) is 4.04. The Morgan fingerprint density at radius 3 is 2.50 bits per heavy atom. The van der Waals surface area contributed by atoms with Gasteiger partial charge < -0.3 is 14.9 Å². The summed E-state index contributed by atoms with van der Waals surface area (Å²) in [6, 6.07) is 3.77. The van der Waals surface area contributed by atoms with E-state index in [9.17, 15) is 23.5 Å². The summed E-state index contributed by atoms with van der Waals surface area (Å²) in [6.07, 6.45) is -5.07. The Labute approximate surface area is 113 Å². The monoisotopic (exact) mass is 288 g/mol. The van der Waals surface area contributed by atoms with Crippen LogP contribution in [0.3, 0.4) is 0 Å². The van der Waals surface area contributed by atoms with Gasteiger partial charge in [0.1, 0.15) is 0 Å². The molecule has 1 aromatic carbocycles.